The summed E-state index contributed by atoms with van der Waals surface area (Å²) in [5, 5.41) is 0. The topological polar surface area (TPSA) is 34.1 Å². The molecule has 0 spiro atoms. The second-order valence-corrected chi connectivity index (χ2v) is 2.43. The number of Topliss-reactive ketones (excluding diaryl/α,β-unsaturated/α-hetero) is 2. The lowest BCUT2D eigenvalue weighted by atomic mass is 9.93. The molecule has 0 atom stereocenters. The summed E-state index contributed by atoms with van der Waals surface area (Å²) < 4.78 is 0. The van der Waals surface area contributed by atoms with E-state index in [2.05, 4.69) is 13.2 Å². The Kier molecular flexibility index (Phi) is 3.45. The van der Waals surface area contributed by atoms with Gasteiger partial charge in [-0.25, -0.2) is 0 Å². The molecular formula is C9H12O2. The molecule has 0 heterocycles. The SMILES string of the molecule is C=CC(=C)C(C(C)=O)C(C)=O. The molecule has 0 N–H and O–H groups in total. The van der Waals surface area contributed by atoms with Gasteiger partial charge in [-0.05, 0) is 19.4 Å². The fourth-order valence-electron chi connectivity index (χ4n) is 0.926. The van der Waals surface area contributed by atoms with Gasteiger partial charge < -0.3 is 0 Å². The Labute approximate surface area is 66.6 Å². The third-order valence-electron chi connectivity index (χ3n) is 1.45. The van der Waals surface area contributed by atoms with Crippen LogP contribution in [0.4, 0.5) is 0 Å². The average molecular weight is 152 g/mol. The summed E-state index contributed by atoms with van der Waals surface area (Å²) in [6.45, 7) is 9.75. The summed E-state index contributed by atoms with van der Waals surface area (Å²) in [6, 6.07) is 0. The average Bonchev–Trinajstić information content (AvgIpc) is 1.85. The van der Waals surface area contributed by atoms with Gasteiger partial charge in [-0.15, -0.1) is 0 Å². The lowest BCUT2D eigenvalue weighted by Crippen LogP contribution is -2.20. The second-order valence-electron chi connectivity index (χ2n) is 2.43. The van der Waals surface area contributed by atoms with E-state index in [1.807, 2.05) is 0 Å². The van der Waals surface area contributed by atoms with Crippen LogP contribution in [-0.4, -0.2) is 11.6 Å². The molecule has 0 unspecified atom stereocenters. The van der Waals surface area contributed by atoms with E-state index in [-0.39, 0.29) is 11.6 Å². The molecule has 11 heavy (non-hydrogen) atoms. The maximum atomic E-state index is 10.9. The molecule has 0 aromatic heterocycles. The summed E-state index contributed by atoms with van der Waals surface area (Å²) in [4.78, 5) is 21.7. The number of carbonyl (C=O) groups excluding carboxylic acids is 2. The third kappa shape index (κ3) is 2.50. The molecule has 0 aliphatic heterocycles. The predicted molar refractivity (Wildman–Crippen MR) is 44.2 cm³/mol. The lowest BCUT2D eigenvalue weighted by Gasteiger charge is -2.08. The molecular weight excluding hydrogens is 140 g/mol. The zero-order valence-corrected chi connectivity index (χ0v) is 6.89. The van der Waals surface area contributed by atoms with Crippen molar-refractivity contribution < 1.29 is 9.59 Å². The predicted octanol–water partition coefficient (Wildman–Crippen LogP) is 1.52. The van der Waals surface area contributed by atoms with E-state index in [1.54, 1.807) is 0 Å². The smallest absolute Gasteiger partial charge is 0.144 e. The monoisotopic (exact) mass is 152 g/mol. The molecule has 0 saturated heterocycles. The number of ketones is 2. The molecule has 2 heteroatoms. The fourth-order valence-corrected chi connectivity index (χ4v) is 0.926. The number of allylic oxidation sites excluding steroid dienone is 2. The Hall–Kier alpha value is -1.18. The summed E-state index contributed by atoms with van der Waals surface area (Å²) in [5.74, 6) is -1.04. The van der Waals surface area contributed by atoms with Crippen molar-refractivity contribution in [2.45, 2.75) is 13.8 Å². The minimum absolute atomic E-state index is 0.178. The highest BCUT2D eigenvalue weighted by molar-refractivity contribution is 6.03. The van der Waals surface area contributed by atoms with Gasteiger partial charge in [-0.1, -0.05) is 19.2 Å². The van der Waals surface area contributed by atoms with Gasteiger partial charge in [-0.2, -0.15) is 0 Å². The van der Waals surface area contributed by atoms with Gasteiger partial charge in [0.2, 0.25) is 0 Å². The van der Waals surface area contributed by atoms with Crippen LogP contribution in [0.1, 0.15) is 13.8 Å². The molecule has 2 nitrogen and oxygen atoms in total. The van der Waals surface area contributed by atoms with Crippen molar-refractivity contribution in [3.63, 3.8) is 0 Å². The van der Waals surface area contributed by atoms with Crippen LogP contribution in [0.5, 0.6) is 0 Å². The standard InChI is InChI=1S/C9H12O2/c1-5-6(2)9(7(3)10)8(4)11/h5,9H,1-2H2,3-4H3. The van der Waals surface area contributed by atoms with Crippen LogP contribution in [0, 0.1) is 5.92 Å². The van der Waals surface area contributed by atoms with Crippen LogP contribution in [0.3, 0.4) is 0 Å². The van der Waals surface area contributed by atoms with Gasteiger partial charge >= 0.3 is 0 Å². The van der Waals surface area contributed by atoms with Crippen LogP contribution in [-0.2, 0) is 9.59 Å². The van der Waals surface area contributed by atoms with E-state index in [0.717, 1.165) is 0 Å². The maximum absolute atomic E-state index is 10.9. The zero-order valence-electron chi connectivity index (χ0n) is 6.89. The maximum Gasteiger partial charge on any atom is 0.144 e. The summed E-state index contributed by atoms with van der Waals surface area (Å²) in [7, 11) is 0. The third-order valence-corrected chi connectivity index (χ3v) is 1.45. The Balaban J connectivity index is 4.60. The minimum atomic E-state index is -0.688. The van der Waals surface area contributed by atoms with Crippen molar-refractivity contribution >= 4 is 11.6 Å². The molecule has 0 aliphatic carbocycles. The van der Waals surface area contributed by atoms with Crippen molar-refractivity contribution in [1.29, 1.82) is 0 Å². The normalized spacial score (nSPS) is 9.36. The van der Waals surface area contributed by atoms with Gasteiger partial charge in [0.15, 0.2) is 0 Å². The van der Waals surface area contributed by atoms with E-state index < -0.39 is 5.92 Å². The number of rotatable bonds is 4. The Bertz CT molecular complexity index is 200. The van der Waals surface area contributed by atoms with E-state index in [0.29, 0.717) is 5.57 Å². The van der Waals surface area contributed by atoms with Crippen molar-refractivity contribution in [2.75, 3.05) is 0 Å². The van der Waals surface area contributed by atoms with Gasteiger partial charge in [0.1, 0.15) is 17.5 Å². The number of carbonyl (C=O) groups is 2. The van der Waals surface area contributed by atoms with Gasteiger partial charge in [0.25, 0.3) is 0 Å². The molecule has 0 aromatic rings. The van der Waals surface area contributed by atoms with Crippen molar-refractivity contribution in [3.8, 4) is 0 Å². The van der Waals surface area contributed by atoms with Crippen molar-refractivity contribution in [2.24, 2.45) is 5.92 Å². The summed E-state index contributed by atoms with van der Waals surface area (Å²) in [6.07, 6.45) is 1.44. The lowest BCUT2D eigenvalue weighted by molar-refractivity contribution is -0.128. The Morgan fingerprint density at radius 2 is 1.64 bits per heavy atom. The van der Waals surface area contributed by atoms with E-state index in [4.69, 9.17) is 0 Å². The van der Waals surface area contributed by atoms with Gasteiger partial charge in [0.05, 0.1) is 0 Å². The van der Waals surface area contributed by atoms with Crippen LogP contribution >= 0.6 is 0 Å². The van der Waals surface area contributed by atoms with Crippen LogP contribution < -0.4 is 0 Å². The molecule has 0 rings (SSSR count). The first-order chi connectivity index (χ1) is 5.00. The summed E-state index contributed by atoms with van der Waals surface area (Å²) in [5.41, 5.74) is 0.477. The molecule has 0 fully saturated rings. The largest absolute Gasteiger partial charge is 0.299 e. The number of hydrogen-bond acceptors (Lipinski definition) is 2. The minimum Gasteiger partial charge on any atom is -0.299 e. The highest BCUT2D eigenvalue weighted by Gasteiger charge is 2.20. The first kappa shape index (κ1) is 9.82. The summed E-state index contributed by atoms with van der Waals surface area (Å²) >= 11 is 0. The molecule has 60 valence electrons. The van der Waals surface area contributed by atoms with Gasteiger partial charge in [-0.3, -0.25) is 9.59 Å². The van der Waals surface area contributed by atoms with Crippen LogP contribution in [0.15, 0.2) is 24.8 Å². The molecule has 0 saturated carbocycles. The Morgan fingerprint density at radius 3 is 1.73 bits per heavy atom. The van der Waals surface area contributed by atoms with E-state index in [9.17, 15) is 9.59 Å². The highest BCUT2D eigenvalue weighted by atomic mass is 16.1. The molecule has 0 aliphatic rings. The van der Waals surface area contributed by atoms with Crippen LogP contribution in [0.2, 0.25) is 0 Å². The first-order valence-corrected chi connectivity index (χ1v) is 3.32. The quantitative estimate of drug-likeness (QED) is 0.452. The van der Waals surface area contributed by atoms with Crippen molar-refractivity contribution in [1.82, 2.24) is 0 Å². The van der Waals surface area contributed by atoms with E-state index >= 15 is 0 Å². The molecule has 0 bridgehead atoms. The highest BCUT2D eigenvalue weighted by Crippen LogP contribution is 2.11. The van der Waals surface area contributed by atoms with E-state index in [1.165, 1.54) is 19.9 Å². The molecule has 0 radical (unpaired) electrons. The zero-order chi connectivity index (χ0) is 9.02. The molecule has 0 amide bonds. The van der Waals surface area contributed by atoms with Gasteiger partial charge in [0, 0.05) is 0 Å². The van der Waals surface area contributed by atoms with Crippen molar-refractivity contribution in [3.05, 3.63) is 24.8 Å². The van der Waals surface area contributed by atoms with Crippen LogP contribution in [0.25, 0.3) is 0 Å². The first-order valence-electron chi connectivity index (χ1n) is 3.32. The number of hydrogen-bond donors (Lipinski definition) is 0. The molecule has 0 aromatic carbocycles. The Morgan fingerprint density at radius 1 is 1.27 bits per heavy atom. The second kappa shape index (κ2) is 3.86. The fraction of sp³-hybridized carbons (Fsp3) is 0.333.